The molecule has 0 radical (unpaired) electrons. The maximum absolute atomic E-state index is 10.5. The minimum Gasteiger partial charge on any atom is -0.359 e. The molecule has 0 aliphatic rings. The maximum Gasteiger partial charge on any atom is 0.221 e. The number of nitrogens with one attached hydrogen (secondary N) is 3. The average molecular weight is 281 g/mol. The molecule has 0 atom stereocenters. The van der Waals surface area contributed by atoms with Gasteiger partial charge in [-0.25, -0.2) is 0 Å². The van der Waals surface area contributed by atoms with E-state index in [0.29, 0.717) is 0 Å². The van der Waals surface area contributed by atoms with E-state index in [1.165, 1.54) is 20.8 Å². The number of amides is 3. The summed E-state index contributed by atoms with van der Waals surface area (Å²) in [4.78, 5) is 29.9. The molecule has 0 saturated heterocycles. The fourth-order valence-electron chi connectivity index (χ4n) is 0.725. The predicted molar refractivity (Wildman–Crippen MR) is 80.2 cm³/mol. The van der Waals surface area contributed by atoms with Crippen molar-refractivity contribution in [2.45, 2.75) is 20.8 Å². The Balaban J connectivity index is 0. The van der Waals surface area contributed by atoms with Gasteiger partial charge in [-0.15, -0.1) is 0 Å². The van der Waals surface area contributed by atoms with Crippen molar-refractivity contribution < 1.29 is 14.4 Å². The van der Waals surface area contributed by atoms with Crippen LogP contribution < -0.4 is 16.0 Å². The molecule has 112 valence electrons. The van der Waals surface area contributed by atoms with Crippen LogP contribution in [-0.2, 0) is 14.4 Å². The first-order valence-electron chi connectivity index (χ1n) is 6.02. The molecule has 0 aliphatic carbocycles. The standard InChI is InChI=1S/C8H9NO.2C3H7NO/c1-7(10)9-8-5-3-2-4-6-8;2*1-3(5)4-2/h2-6H,1H3,(H,9,10);2*1-2H3,(H,4,5). The lowest BCUT2D eigenvalue weighted by molar-refractivity contribution is -0.119. The van der Waals surface area contributed by atoms with E-state index in [1.54, 1.807) is 14.1 Å². The van der Waals surface area contributed by atoms with Gasteiger partial charge in [0.1, 0.15) is 0 Å². The summed E-state index contributed by atoms with van der Waals surface area (Å²) in [6.07, 6.45) is 0. The average Bonchev–Trinajstić information content (AvgIpc) is 2.40. The van der Waals surface area contributed by atoms with Gasteiger partial charge < -0.3 is 16.0 Å². The molecule has 3 amide bonds. The van der Waals surface area contributed by atoms with Gasteiger partial charge in [0.15, 0.2) is 0 Å². The second kappa shape index (κ2) is 13.1. The van der Waals surface area contributed by atoms with Crippen molar-refractivity contribution in [3.05, 3.63) is 30.3 Å². The van der Waals surface area contributed by atoms with E-state index in [4.69, 9.17) is 0 Å². The molecule has 0 spiro atoms. The van der Waals surface area contributed by atoms with E-state index >= 15 is 0 Å². The smallest absolute Gasteiger partial charge is 0.221 e. The van der Waals surface area contributed by atoms with E-state index in [9.17, 15) is 14.4 Å². The molecule has 0 fully saturated rings. The van der Waals surface area contributed by atoms with E-state index in [1.807, 2.05) is 30.3 Å². The third-order valence-electron chi connectivity index (χ3n) is 1.80. The first-order chi connectivity index (χ1) is 9.33. The van der Waals surface area contributed by atoms with Crippen molar-refractivity contribution in [2.75, 3.05) is 19.4 Å². The highest BCUT2D eigenvalue weighted by molar-refractivity contribution is 5.88. The van der Waals surface area contributed by atoms with Gasteiger partial charge in [-0.1, -0.05) is 18.2 Å². The largest absolute Gasteiger partial charge is 0.359 e. The molecule has 0 aromatic heterocycles. The zero-order chi connectivity index (χ0) is 16.0. The van der Waals surface area contributed by atoms with Crippen LogP contribution in [0.25, 0.3) is 0 Å². The zero-order valence-electron chi connectivity index (χ0n) is 12.6. The highest BCUT2D eigenvalue weighted by atomic mass is 16.2. The fourth-order valence-corrected chi connectivity index (χ4v) is 0.725. The second-order valence-corrected chi connectivity index (χ2v) is 3.66. The van der Waals surface area contributed by atoms with Gasteiger partial charge in [0.05, 0.1) is 0 Å². The number of carbonyl (C=O) groups is 3. The van der Waals surface area contributed by atoms with Crippen molar-refractivity contribution in [1.82, 2.24) is 10.6 Å². The van der Waals surface area contributed by atoms with Crippen LogP contribution in [0.15, 0.2) is 30.3 Å². The molecule has 6 nitrogen and oxygen atoms in total. The zero-order valence-corrected chi connectivity index (χ0v) is 12.6. The molecule has 1 rings (SSSR count). The quantitative estimate of drug-likeness (QED) is 0.721. The first kappa shape index (κ1) is 20.0. The Bertz CT molecular complexity index is 391. The Hall–Kier alpha value is -2.37. The lowest BCUT2D eigenvalue weighted by Crippen LogP contribution is -2.11. The van der Waals surface area contributed by atoms with Crippen LogP contribution in [0.4, 0.5) is 5.69 Å². The van der Waals surface area contributed by atoms with Crippen molar-refractivity contribution in [3.8, 4) is 0 Å². The summed E-state index contributed by atoms with van der Waals surface area (Å²) in [6, 6.07) is 9.37. The van der Waals surface area contributed by atoms with Gasteiger partial charge >= 0.3 is 0 Å². The number of anilines is 1. The molecular formula is C14H23N3O3. The SMILES string of the molecule is CC(=O)Nc1ccccc1.CNC(C)=O.CNC(C)=O. The molecular weight excluding hydrogens is 258 g/mol. The molecule has 3 N–H and O–H groups in total. The first-order valence-corrected chi connectivity index (χ1v) is 6.02. The third-order valence-corrected chi connectivity index (χ3v) is 1.80. The van der Waals surface area contributed by atoms with Crippen LogP contribution >= 0.6 is 0 Å². The van der Waals surface area contributed by atoms with Gasteiger partial charge in [-0.3, -0.25) is 14.4 Å². The molecule has 0 heterocycles. The monoisotopic (exact) mass is 281 g/mol. The van der Waals surface area contributed by atoms with Gasteiger partial charge in [0, 0.05) is 40.6 Å². The molecule has 0 bridgehead atoms. The van der Waals surface area contributed by atoms with Crippen molar-refractivity contribution >= 4 is 23.4 Å². The van der Waals surface area contributed by atoms with Crippen molar-refractivity contribution in [3.63, 3.8) is 0 Å². The molecule has 6 heteroatoms. The molecule has 20 heavy (non-hydrogen) atoms. The van der Waals surface area contributed by atoms with Crippen molar-refractivity contribution in [1.29, 1.82) is 0 Å². The number of hydrogen-bond donors (Lipinski definition) is 3. The van der Waals surface area contributed by atoms with E-state index < -0.39 is 0 Å². The molecule has 1 aromatic carbocycles. The summed E-state index contributed by atoms with van der Waals surface area (Å²) >= 11 is 0. The van der Waals surface area contributed by atoms with E-state index in [-0.39, 0.29) is 17.7 Å². The molecule has 0 aliphatic heterocycles. The normalized spacial score (nSPS) is 7.85. The van der Waals surface area contributed by atoms with Crippen molar-refractivity contribution in [2.24, 2.45) is 0 Å². The summed E-state index contributed by atoms with van der Waals surface area (Å²) in [5.74, 6) is -0.0267. The Labute approximate surface area is 119 Å². The number of rotatable bonds is 1. The fraction of sp³-hybridized carbons (Fsp3) is 0.357. The van der Waals surface area contributed by atoms with E-state index in [0.717, 1.165) is 5.69 Å². The van der Waals surface area contributed by atoms with Crippen LogP contribution in [0.3, 0.4) is 0 Å². The maximum atomic E-state index is 10.5. The summed E-state index contributed by atoms with van der Waals surface area (Å²) in [5, 5.41) is 7.44. The highest BCUT2D eigenvalue weighted by Crippen LogP contribution is 2.03. The van der Waals surface area contributed by atoms with Gasteiger partial charge in [0.25, 0.3) is 0 Å². The van der Waals surface area contributed by atoms with Crippen LogP contribution in [0, 0.1) is 0 Å². The van der Waals surface area contributed by atoms with Crippen LogP contribution in [-0.4, -0.2) is 31.8 Å². The Kier molecular flexibility index (Phi) is 13.0. The van der Waals surface area contributed by atoms with Gasteiger partial charge in [-0.05, 0) is 12.1 Å². The Morgan fingerprint density at radius 3 is 1.35 bits per heavy atom. The van der Waals surface area contributed by atoms with Crippen LogP contribution in [0.1, 0.15) is 20.8 Å². The molecule has 1 aromatic rings. The van der Waals surface area contributed by atoms with Gasteiger partial charge in [0.2, 0.25) is 17.7 Å². The minimum absolute atomic E-state index is 0.00463. The Morgan fingerprint density at radius 1 is 0.750 bits per heavy atom. The molecule has 0 saturated carbocycles. The van der Waals surface area contributed by atoms with Gasteiger partial charge in [-0.2, -0.15) is 0 Å². The Morgan fingerprint density at radius 2 is 1.10 bits per heavy atom. The lowest BCUT2D eigenvalue weighted by atomic mass is 10.3. The second-order valence-electron chi connectivity index (χ2n) is 3.66. The number of hydrogen-bond acceptors (Lipinski definition) is 3. The predicted octanol–water partition coefficient (Wildman–Crippen LogP) is 1.15. The number of para-hydroxylation sites is 1. The van der Waals surface area contributed by atoms with Crippen LogP contribution in [0.5, 0.6) is 0 Å². The third kappa shape index (κ3) is 18.0. The summed E-state index contributed by atoms with van der Waals surface area (Å²) in [7, 11) is 3.20. The lowest BCUT2D eigenvalue weighted by Gasteiger charge is -1.98. The number of benzene rings is 1. The molecule has 0 unspecified atom stereocenters. The van der Waals surface area contributed by atoms with E-state index in [2.05, 4.69) is 16.0 Å². The van der Waals surface area contributed by atoms with Crippen LogP contribution in [0.2, 0.25) is 0 Å². The topological polar surface area (TPSA) is 87.3 Å². The summed E-state index contributed by atoms with van der Waals surface area (Å²) in [6.45, 7) is 4.44. The number of carbonyl (C=O) groups excluding carboxylic acids is 3. The highest BCUT2D eigenvalue weighted by Gasteiger charge is 1.90. The summed E-state index contributed by atoms with van der Waals surface area (Å²) < 4.78 is 0. The summed E-state index contributed by atoms with van der Waals surface area (Å²) in [5.41, 5.74) is 0.843. The minimum atomic E-state index is -0.0359.